The third-order valence-electron chi connectivity index (χ3n) is 3.29. The van der Waals surface area contributed by atoms with E-state index in [1.807, 2.05) is 42.5 Å². The fourth-order valence-corrected chi connectivity index (χ4v) is 2.14. The minimum absolute atomic E-state index is 0.0531. The predicted octanol–water partition coefficient (Wildman–Crippen LogP) is 1.73. The fraction of sp³-hybridized carbons (Fsp3) is 0.222. The Morgan fingerprint density at radius 3 is 2.70 bits per heavy atom. The minimum atomic E-state index is -0.306. The van der Waals surface area contributed by atoms with Crippen LogP contribution in [0.4, 0.5) is 0 Å². The Hall–Kier alpha value is -2.66. The molecule has 2 amide bonds. The topological polar surface area (TPSA) is 67.4 Å². The van der Waals surface area contributed by atoms with E-state index in [0.717, 1.165) is 16.3 Å². The van der Waals surface area contributed by atoms with Gasteiger partial charge in [-0.1, -0.05) is 42.5 Å². The maximum Gasteiger partial charge on any atom is 0.244 e. The number of hydrogen-bond acceptors (Lipinski definition) is 3. The van der Waals surface area contributed by atoms with Gasteiger partial charge in [0.15, 0.2) is 0 Å². The van der Waals surface area contributed by atoms with E-state index in [-0.39, 0.29) is 18.4 Å². The van der Waals surface area contributed by atoms with Crippen LogP contribution in [0.1, 0.15) is 5.56 Å². The maximum absolute atomic E-state index is 11.8. The lowest BCUT2D eigenvalue weighted by molar-refractivity contribution is -0.124. The van der Waals surface area contributed by atoms with Gasteiger partial charge in [0.25, 0.3) is 0 Å². The van der Waals surface area contributed by atoms with Crippen molar-refractivity contribution in [2.24, 2.45) is 0 Å². The normalized spacial score (nSPS) is 10.8. The molecule has 2 aromatic carbocycles. The van der Waals surface area contributed by atoms with Gasteiger partial charge >= 0.3 is 0 Å². The summed E-state index contributed by atoms with van der Waals surface area (Å²) in [5.41, 5.74) is 0.961. The standard InChI is InChI=1S/C18H20N2O3/c1-23-12-11-19-18(22)13-20-17(21)10-9-15-7-4-6-14-5-2-3-8-16(14)15/h2-10H,11-13H2,1H3,(H,19,22)(H,20,21)/b10-9+. The van der Waals surface area contributed by atoms with Gasteiger partial charge < -0.3 is 15.4 Å². The molecule has 0 saturated carbocycles. The molecule has 0 bridgehead atoms. The second-order valence-corrected chi connectivity index (χ2v) is 4.96. The van der Waals surface area contributed by atoms with Gasteiger partial charge in [0.1, 0.15) is 0 Å². The van der Waals surface area contributed by atoms with Gasteiger partial charge in [-0.25, -0.2) is 0 Å². The molecule has 23 heavy (non-hydrogen) atoms. The van der Waals surface area contributed by atoms with E-state index in [2.05, 4.69) is 10.6 Å². The van der Waals surface area contributed by atoms with Crippen molar-refractivity contribution in [2.75, 3.05) is 26.8 Å². The highest BCUT2D eigenvalue weighted by Gasteiger charge is 2.02. The molecule has 0 aromatic heterocycles. The van der Waals surface area contributed by atoms with Crippen LogP contribution < -0.4 is 10.6 Å². The Morgan fingerprint density at radius 2 is 1.87 bits per heavy atom. The average molecular weight is 312 g/mol. The number of amides is 2. The maximum atomic E-state index is 11.8. The van der Waals surface area contributed by atoms with E-state index in [1.165, 1.54) is 6.08 Å². The van der Waals surface area contributed by atoms with E-state index in [4.69, 9.17) is 4.74 Å². The van der Waals surface area contributed by atoms with Crippen molar-refractivity contribution < 1.29 is 14.3 Å². The van der Waals surface area contributed by atoms with Gasteiger partial charge in [-0.05, 0) is 22.4 Å². The second-order valence-electron chi connectivity index (χ2n) is 4.96. The predicted molar refractivity (Wildman–Crippen MR) is 90.9 cm³/mol. The molecular formula is C18H20N2O3. The molecule has 0 fully saturated rings. The zero-order valence-corrected chi connectivity index (χ0v) is 13.0. The summed E-state index contributed by atoms with van der Waals surface area (Å²) < 4.78 is 4.83. The molecule has 2 rings (SSSR count). The van der Waals surface area contributed by atoms with E-state index in [0.29, 0.717) is 13.2 Å². The van der Waals surface area contributed by atoms with Crippen LogP contribution in [-0.2, 0) is 14.3 Å². The Morgan fingerprint density at radius 1 is 1.09 bits per heavy atom. The van der Waals surface area contributed by atoms with Gasteiger partial charge in [-0.3, -0.25) is 9.59 Å². The Balaban J connectivity index is 1.89. The monoisotopic (exact) mass is 312 g/mol. The highest BCUT2D eigenvalue weighted by atomic mass is 16.5. The van der Waals surface area contributed by atoms with Crippen LogP contribution >= 0.6 is 0 Å². The minimum Gasteiger partial charge on any atom is -0.383 e. The van der Waals surface area contributed by atoms with E-state index < -0.39 is 0 Å². The molecule has 0 saturated heterocycles. The molecule has 0 radical (unpaired) electrons. The van der Waals surface area contributed by atoms with Crippen molar-refractivity contribution in [3.05, 3.63) is 54.1 Å². The summed E-state index contributed by atoms with van der Waals surface area (Å²) in [7, 11) is 1.56. The molecule has 5 nitrogen and oxygen atoms in total. The first-order valence-electron chi connectivity index (χ1n) is 7.40. The SMILES string of the molecule is COCCNC(=O)CNC(=O)/C=C/c1cccc2ccccc12. The van der Waals surface area contributed by atoms with Crippen LogP contribution in [0.3, 0.4) is 0 Å². The molecule has 0 aliphatic carbocycles. The zero-order valence-electron chi connectivity index (χ0n) is 13.0. The molecule has 0 heterocycles. The summed E-state index contributed by atoms with van der Waals surface area (Å²) in [6.45, 7) is 0.820. The Kier molecular flexibility index (Phi) is 6.32. The summed E-state index contributed by atoms with van der Waals surface area (Å²) in [5.74, 6) is -0.547. The van der Waals surface area contributed by atoms with E-state index >= 15 is 0 Å². The summed E-state index contributed by atoms with van der Waals surface area (Å²) in [5, 5.41) is 7.38. The number of fused-ring (bicyclic) bond motifs is 1. The quantitative estimate of drug-likeness (QED) is 0.604. The fourth-order valence-electron chi connectivity index (χ4n) is 2.14. The van der Waals surface area contributed by atoms with Crippen LogP contribution in [-0.4, -0.2) is 38.6 Å². The van der Waals surface area contributed by atoms with Gasteiger partial charge in [0.2, 0.25) is 11.8 Å². The Bertz CT molecular complexity index is 705. The first-order valence-corrected chi connectivity index (χ1v) is 7.40. The lowest BCUT2D eigenvalue weighted by Gasteiger charge is -2.05. The van der Waals surface area contributed by atoms with Crippen molar-refractivity contribution in [3.8, 4) is 0 Å². The van der Waals surface area contributed by atoms with Crippen LogP contribution in [0, 0.1) is 0 Å². The molecule has 0 aliphatic rings. The smallest absolute Gasteiger partial charge is 0.244 e. The molecule has 0 atom stereocenters. The number of carbonyl (C=O) groups excluding carboxylic acids is 2. The summed E-state index contributed by atoms with van der Waals surface area (Å²) in [4.78, 5) is 23.3. The summed E-state index contributed by atoms with van der Waals surface area (Å²) >= 11 is 0. The van der Waals surface area contributed by atoms with Crippen molar-refractivity contribution in [2.45, 2.75) is 0 Å². The van der Waals surface area contributed by atoms with E-state index in [9.17, 15) is 9.59 Å². The highest BCUT2D eigenvalue weighted by molar-refractivity contribution is 5.97. The molecule has 0 unspecified atom stereocenters. The zero-order chi connectivity index (χ0) is 16.5. The highest BCUT2D eigenvalue weighted by Crippen LogP contribution is 2.19. The van der Waals surface area contributed by atoms with Gasteiger partial charge in [-0.2, -0.15) is 0 Å². The first kappa shape index (κ1) is 16.7. The molecule has 0 spiro atoms. The lowest BCUT2D eigenvalue weighted by atomic mass is 10.0. The van der Waals surface area contributed by atoms with Crippen molar-refractivity contribution >= 4 is 28.7 Å². The van der Waals surface area contributed by atoms with Crippen molar-refractivity contribution in [1.82, 2.24) is 10.6 Å². The number of ether oxygens (including phenoxy) is 1. The van der Waals surface area contributed by atoms with Crippen LogP contribution in [0.15, 0.2) is 48.5 Å². The molecule has 0 aliphatic heterocycles. The van der Waals surface area contributed by atoms with Crippen molar-refractivity contribution in [1.29, 1.82) is 0 Å². The molecule has 120 valence electrons. The first-order chi connectivity index (χ1) is 11.2. The van der Waals surface area contributed by atoms with Gasteiger partial charge in [-0.15, -0.1) is 0 Å². The lowest BCUT2D eigenvalue weighted by Crippen LogP contribution is -2.37. The number of rotatable bonds is 7. The van der Waals surface area contributed by atoms with Crippen LogP contribution in [0.25, 0.3) is 16.8 Å². The molecule has 5 heteroatoms. The third-order valence-corrected chi connectivity index (χ3v) is 3.29. The molecule has 2 N–H and O–H groups in total. The van der Waals surface area contributed by atoms with Gasteiger partial charge in [0, 0.05) is 19.7 Å². The number of carbonyl (C=O) groups is 2. The number of methoxy groups -OCH3 is 1. The third kappa shape index (κ3) is 5.23. The van der Waals surface area contributed by atoms with Crippen LogP contribution in [0.5, 0.6) is 0 Å². The number of benzene rings is 2. The number of nitrogens with one attached hydrogen (secondary N) is 2. The van der Waals surface area contributed by atoms with E-state index in [1.54, 1.807) is 13.2 Å². The average Bonchev–Trinajstić information content (AvgIpc) is 2.58. The largest absolute Gasteiger partial charge is 0.383 e. The molecule has 2 aromatic rings. The summed E-state index contributed by atoms with van der Waals surface area (Å²) in [6, 6.07) is 13.9. The Labute approximate surface area is 135 Å². The van der Waals surface area contributed by atoms with Crippen molar-refractivity contribution in [3.63, 3.8) is 0 Å². The second kappa shape index (κ2) is 8.70. The van der Waals surface area contributed by atoms with Gasteiger partial charge in [0.05, 0.1) is 13.2 Å². The molecular weight excluding hydrogens is 292 g/mol. The summed E-state index contributed by atoms with van der Waals surface area (Å²) in [6.07, 6.45) is 3.19. The van der Waals surface area contributed by atoms with Crippen LogP contribution in [0.2, 0.25) is 0 Å². The number of hydrogen-bond donors (Lipinski definition) is 2.